The molecule has 1 aliphatic rings. The van der Waals surface area contributed by atoms with Gasteiger partial charge in [-0.1, -0.05) is 6.07 Å². The molecule has 10 nitrogen and oxygen atoms in total. The van der Waals surface area contributed by atoms with E-state index in [0.29, 0.717) is 47.1 Å². The molecule has 3 N–H and O–H groups in total. The fraction of sp³-hybridized carbons (Fsp3) is 0.290. The fourth-order valence-electron chi connectivity index (χ4n) is 4.72. The van der Waals surface area contributed by atoms with Crippen molar-refractivity contribution in [1.29, 1.82) is 0 Å². The lowest BCUT2D eigenvalue weighted by atomic mass is 9.99. The van der Waals surface area contributed by atoms with Crippen LogP contribution in [0.4, 0.5) is 10.1 Å². The van der Waals surface area contributed by atoms with Gasteiger partial charge in [-0.2, -0.15) is 0 Å². The minimum absolute atomic E-state index is 0.0633. The molecule has 11 heteroatoms. The molecule has 0 radical (unpaired) electrons. The summed E-state index contributed by atoms with van der Waals surface area (Å²) in [7, 11) is 1.55. The van der Waals surface area contributed by atoms with Gasteiger partial charge in [-0.05, 0) is 80.2 Å². The van der Waals surface area contributed by atoms with Crippen molar-refractivity contribution in [3.05, 3.63) is 78.5 Å². The number of pyridine rings is 2. The first-order valence-corrected chi connectivity index (χ1v) is 13.8. The second-order valence-corrected chi connectivity index (χ2v) is 9.88. The number of ether oxygens (including phenoxy) is 3. The molecule has 218 valence electrons. The number of aromatic nitrogens is 2. The monoisotopic (exact) mass is 573 g/mol. The number of piperidine rings is 1. The van der Waals surface area contributed by atoms with Crippen LogP contribution in [0.1, 0.15) is 18.4 Å². The summed E-state index contributed by atoms with van der Waals surface area (Å²) in [5.41, 5.74) is 1.57. The van der Waals surface area contributed by atoms with Crippen LogP contribution in [0.5, 0.6) is 23.0 Å². The number of amides is 2. The summed E-state index contributed by atoms with van der Waals surface area (Å²) in [5, 5.41) is 8.91. The van der Waals surface area contributed by atoms with Crippen molar-refractivity contribution < 1.29 is 28.2 Å². The molecule has 3 heterocycles. The second kappa shape index (κ2) is 13.7. The molecule has 5 rings (SSSR count). The third kappa shape index (κ3) is 7.10. The molecule has 1 fully saturated rings. The predicted octanol–water partition coefficient (Wildman–Crippen LogP) is 4.25. The molecular formula is C31H32FN5O5. The smallest absolute Gasteiger partial charge is 0.313 e. The number of anilines is 1. The number of hydrogen-bond donors (Lipinski definition) is 3. The van der Waals surface area contributed by atoms with E-state index in [1.807, 2.05) is 6.07 Å². The van der Waals surface area contributed by atoms with E-state index in [-0.39, 0.29) is 18.0 Å². The van der Waals surface area contributed by atoms with Crippen LogP contribution in [0.3, 0.4) is 0 Å². The van der Waals surface area contributed by atoms with E-state index in [1.54, 1.807) is 50.0 Å². The number of carbonyl (C=O) groups excluding carboxylic acids is 2. The molecule has 2 amide bonds. The van der Waals surface area contributed by atoms with E-state index in [9.17, 15) is 9.59 Å². The zero-order chi connectivity index (χ0) is 29.3. The quantitative estimate of drug-likeness (QED) is 0.241. The van der Waals surface area contributed by atoms with E-state index in [4.69, 9.17) is 14.2 Å². The zero-order valence-electron chi connectivity index (χ0n) is 23.2. The van der Waals surface area contributed by atoms with E-state index in [2.05, 4.69) is 25.9 Å². The minimum Gasteiger partial charge on any atom is -0.491 e. The lowest BCUT2D eigenvalue weighted by Crippen LogP contribution is -2.36. The lowest BCUT2D eigenvalue weighted by Gasteiger charge is -2.23. The Kier molecular flexibility index (Phi) is 9.40. The third-order valence-corrected chi connectivity index (χ3v) is 6.97. The van der Waals surface area contributed by atoms with Gasteiger partial charge in [-0.3, -0.25) is 19.6 Å². The number of methoxy groups -OCH3 is 1. The van der Waals surface area contributed by atoms with Crippen molar-refractivity contribution in [3.8, 4) is 23.0 Å². The highest BCUT2D eigenvalue weighted by Crippen LogP contribution is 2.40. The van der Waals surface area contributed by atoms with Crippen molar-refractivity contribution in [2.75, 3.05) is 38.7 Å². The normalized spacial score (nSPS) is 13.4. The van der Waals surface area contributed by atoms with Crippen molar-refractivity contribution in [2.45, 2.75) is 19.3 Å². The Morgan fingerprint density at radius 2 is 1.86 bits per heavy atom. The molecule has 1 aliphatic heterocycles. The zero-order valence-corrected chi connectivity index (χ0v) is 23.2. The predicted molar refractivity (Wildman–Crippen MR) is 155 cm³/mol. The summed E-state index contributed by atoms with van der Waals surface area (Å²) in [5.74, 6) is -0.612. The summed E-state index contributed by atoms with van der Waals surface area (Å²) < 4.78 is 32.7. The average Bonchev–Trinajstić information content (AvgIpc) is 3.02. The number of nitrogens with zero attached hydrogens (tertiary/aromatic N) is 2. The Hall–Kier alpha value is -4.77. The molecule has 0 saturated carbocycles. The van der Waals surface area contributed by atoms with Gasteiger partial charge in [-0.15, -0.1) is 0 Å². The van der Waals surface area contributed by atoms with Crippen LogP contribution < -0.4 is 30.2 Å². The molecule has 4 aromatic rings. The standard InChI is InChI=1S/C31H32FN5O5/c1-40-29-27(41-19-21-8-13-33-14-9-21)7-5-23-25(11-16-35-28(23)29)42-26-6-4-22(17-24(26)32)37-31(39)30(38)36-15-10-20-3-2-12-34-18-20/h2-7,11-12,16-18,21,33H,8-10,13-15,19H2,1H3,(H,36,38)(H,37,39). The van der Waals surface area contributed by atoms with E-state index < -0.39 is 17.6 Å². The highest BCUT2D eigenvalue weighted by molar-refractivity contribution is 6.39. The highest BCUT2D eigenvalue weighted by atomic mass is 19.1. The molecule has 42 heavy (non-hydrogen) atoms. The number of carbonyl (C=O) groups is 2. The van der Waals surface area contributed by atoms with Gasteiger partial charge in [0, 0.05) is 42.3 Å². The highest BCUT2D eigenvalue weighted by Gasteiger charge is 2.19. The summed E-state index contributed by atoms with van der Waals surface area (Å²) in [6.45, 7) is 2.81. The van der Waals surface area contributed by atoms with Crippen molar-refractivity contribution in [1.82, 2.24) is 20.6 Å². The van der Waals surface area contributed by atoms with Crippen LogP contribution >= 0.6 is 0 Å². The molecule has 0 atom stereocenters. The number of rotatable bonds is 10. The maximum Gasteiger partial charge on any atom is 0.313 e. The molecule has 0 aliphatic carbocycles. The molecule has 0 bridgehead atoms. The minimum atomic E-state index is -0.903. The van der Waals surface area contributed by atoms with Gasteiger partial charge in [0.05, 0.1) is 13.7 Å². The molecule has 2 aromatic carbocycles. The van der Waals surface area contributed by atoms with Crippen molar-refractivity contribution >= 4 is 28.4 Å². The Balaban J connectivity index is 1.22. The van der Waals surface area contributed by atoms with Crippen LogP contribution in [0.2, 0.25) is 0 Å². The molecule has 1 saturated heterocycles. The number of nitrogens with one attached hydrogen (secondary N) is 3. The van der Waals surface area contributed by atoms with Gasteiger partial charge in [-0.25, -0.2) is 4.39 Å². The Labute approximate surface area is 242 Å². The van der Waals surface area contributed by atoms with Crippen LogP contribution in [0, 0.1) is 11.7 Å². The average molecular weight is 574 g/mol. The van der Waals surface area contributed by atoms with E-state index in [0.717, 1.165) is 37.6 Å². The largest absolute Gasteiger partial charge is 0.491 e. The first-order chi connectivity index (χ1) is 20.5. The number of hydrogen-bond acceptors (Lipinski definition) is 8. The Morgan fingerprint density at radius 3 is 2.62 bits per heavy atom. The second-order valence-electron chi connectivity index (χ2n) is 9.88. The van der Waals surface area contributed by atoms with Gasteiger partial charge in [0.1, 0.15) is 11.3 Å². The lowest BCUT2D eigenvalue weighted by molar-refractivity contribution is -0.136. The first kappa shape index (κ1) is 28.7. The van der Waals surface area contributed by atoms with Crippen molar-refractivity contribution in [2.24, 2.45) is 5.92 Å². The van der Waals surface area contributed by atoms with Gasteiger partial charge < -0.3 is 30.2 Å². The van der Waals surface area contributed by atoms with Crippen LogP contribution in [-0.4, -0.2) is 55.1 Å². The van der Waals surface area contributed by atoms with Crippen LogP contribution in [-0.2, 0) is 16.0 Å². The third-order valence-electron chi connectivity index (χ3n) is 6.97. The first-order valence-electron chi connectivity index (χ1n) is 13.8. The summed E-state index contributed by atoms with van der Waals surface area (Å²) in [4.78, 5) is 32.9. The number of halogens is 1. The molecular weight excluding hydrogens is 541 g/mol. The maximum atomic E-state index is 15.0. The molecule has 2 aromatic heterocycles. The van der Waals surface area contributed by atoms with E-state index >= 15 is 4.39 Å². The number of fused-ring (bicyclic) bond motifs is 1. The maximum absolute atomic E-state index is 15.0. The SMILES string of the molecule is COc1c(OCC2CCNCC2)ccc2c(Oc3ccc(NC(=O)C(=O)NCCc4cccnc4)cc3F)ccnc12. The summed E-state index contributed by atoms with van der Waals surface area (Å²) >= 11 is 0. The van der Waals surface area contributed by atoms with Gasteiger partial charge in [0.2, 0.25) is 0 Å². The summed E-state index contributed by atoms with van der Waals surface area (Å²) in [6.07, 6.45) is 7.53. The summed E-state index contributed by atoms with van der Waals surface area (Å²) in [6, 6.07) is 12.8. The van der Waals surface area contributed by atoms with Crippen molar-refractivity contribution in [3.63, 3.8) is 0 Å². The topological polar surface area (TPSA) is 124 Å². The fourth-order valence-corrected chi connectivity index (χ4v) is 4.72. The van der Waals surface area contributed by atoms with Crippen LogP contribution in [0.15, 0.2) is 67.1 Å². The van der Waals surface area contributed by atoms with Gasteiger partial charge >= 0.3 is 11.8 Å². The number of benzene rings is 2. The Bertz CT molecular complexity index is 1550. The van der Waals surface area contributed by atoms with Gasteiger partial charge in [0.25, 0.3) is 0 Å². The van der Waals surface area contributed by atoms with Gasteiger partial charge in [0.15, 0.2) is 23.1 Å². The van der Waals surface area contributed by atoms with Crippen LogP contribution in [0.25, 0.3) is 10.9 Å². The Morgan fingerprint density at radius 1 is 1.02 bits per heavy atom. The molecule has 0 spiro atoms. The van der Waals surface area contributed by atoms with E-state index in [1.165, 1.54) is 12.1 Å². The molecule has 0 unspecified atom stereocenters.